The number of amides is 1. The summed E-state index contributed by atoms with van der Waals surface area (Å²) in [7, 11) is -1.68. The van der Waals surface area contributed by atoms with E-state index in [2.05, 4.69) is 26.6 Å². The standard InChI is InChI=1S/C24H26N6O3S4/c1-29-21(15-35-24-26-19-10-3-4-11-20(19)36-24)27-28-23(29)34-16-22(31)25-17-8-7-9-18(14-17)37(32,33)30-12-5-2-6-13-30/h3-4,7-11,14H,2,5-6,12-13,15-16H2,1H3,(H,25,31). The molecule has 2 aromatic heterocycles. The number of aromatic nitrogens is 4. The molecule has 3 heterocycles. The maximum Gasteiger partial charge on any atom is 0.243 e. The molecule has 4 aromatic rings. The number of rotatable bonds is 9. The van der Waals surface area contributed by atoms with Crippen molar-refractivity contribution in [3.63, 3.8) is 0 Å². The zero-order valence-corrected chi connectivity index (χ0v) is 23.4. The van der Waals surface area contributed by atoms with E-state index >= 15 is 0 Å². The number of thioether (sulfide) groups is 2. The summed E-state index contributed by atoms with van der Waals surface area (Å²) in [5.74, 6) is 1.29. The van der Waals surface area contributed by atoms with Gasteiger partial charge in [-0.1, -0.05) is 48.1 Å². The first-order valence-electron chi connectivity index (χ1n) is 11.8. The zero-order valence-electron chi connectivity index (χ0n) is 20.2. The van der Waals surface area contributed by atoms with Gasteiger partial charge in [-0.25, -0.2) is 13.4 Å². The minimum atomic E-state index is -3.56. The summed E-state index contributed by atoms with van der Waals surface area (Å²) in [5, 5.41) is 11.9. The molecule has 0 spiro atoms. The zero-order chi connectivity index (χ0) is 25.8. The minimum Gasteiger partial charge on any atom is -0.325 e. The third-order valence-electron chi connectivity index (χ3n) is 5.93. The number of anilines is 1. The van der Waals surface area contributed by atoms with Gasteiger partial charge < -0.3 is 9.88 Å². The lowest BCUT2D eigenvalue weighted by atomic mass is 10.2. The van der Waals surface area contributed by atoms with Gasteiger partial charge in [0.25, 0.3) is 0 Å². The summed E-state index contributed by atoms with van der Waals surface area (Å²) in [4.78, 5) is 17.4. The number of hydrogen-bond donors (Lipinski definition) is 1. The van der Waals surface area contributed by atoms with Gasteiger partial charge in [-0.3, -0.25) is 4.79 Å². The fourth-order valence-electron chi connectivity index (χ4n) is 3.95. The van der Waals surface area contributed by atoms with Crippen LogP contribution in [0.1, 0.15) is 25.1 Å². The average Bonchev–Trinajstić information content (AvgIpc) is 3.49. The summed E-state index contributed by atoms with van der Waals surface area (Å²) in [6, 6.07) is 14.5. The SMILES string of the molecule is Cn1c(CSc2nc3ccccc3s2)nnc1SCC(=O)Nc1cccc(S(=O)(=O)N2CCCCC2)c1. The smallest absolute Gasteiger partial charge is 0.243 e. The number of carbonyl (C=O) groups excluding carboxylic acids is 1. The van der Waals surface area contributed by atoms with Gasteiger partial charge in [-0.05, 0) is 43.2 Å². The summed E-state index contributed by atoms with van der Waals surface area (Å²) >= 11 is 4.54. The number of hydrogen-bond acceptors (Lipinski definition) is 9. The number of carbonyl (C=O) groups is 1. The van der Waals surface area contributed by atoms with Gasteiger partial charge in [0.1, 0.15) is 5.82 Å². The lowest BCUT2D eigenvalue weighted by Gasteiger charge is -2.26. The average molecular weight is 575 g/mol. The Hall–Kier alpha value is -2.45. The van der Waals surface area contributed by atoms with Crippen LogP contribution in [-0.4, -0.2) is 57.2 Å². The topological polar surface area (TPSA) is 110 Å². The van der Waals surface area contributed by atoms with Crippen molar-refractivity contribution >= 4 is 66.7 Å². The van der Waals surface area contributed by atoms with Gasteiger partial charge in [-0.2, -0.15) is 4.31 Å². The molecule has 1 fully saturated rings. The van der Waals surface area contributed by atoms with Crippen LogP contribution in [-0.2, 0) is 27.6 Å². The number of fused-ring (bicyclic) bond motifs is 1. The Bertz CT molecular complexity index is 1480. The molecule has 13 heteroatoms. The number of nitrogens with zero attached hydrogens (tertiary/aromatic N) is 5. The van der Waals surface area contributed by atoms with Gasteiger partial charge in [0.05, 0.1) is 26.6 Å². The molecule has 5 rings (SSSR count). The van der Waals surface area contributed by atoms with E-state index in [1.807, 2.05) is 29.8 Å². The van der Waals surface area contributed by atoms with E-state index in [1.165, 1.54) is 22.1 Å². The first kappa shape index (κ1) is 26.2. The van der Waals surface area contributed by atoms with Crippen LogP contribution in [0, 0.1) is 0 Å². The highest BCUT2D eigenvalue weighted by molar-refractivity contribution is 8.00. The highest BCUT2D eigenvalue weighted by atomic mass is 32.2. The summed E-state index contributed by atoms with van der Waals surface area (Å²) in [5.41, 5.74) is 1.44. The Morgan fingerprint density at radius 3 is 2.68 bits per heavy atom. The second kappa shape index (κ2) is 11.5. The van der Waals surface area contributed by atoms with E-state index in [0.29, 0.717) is 29.7 Å². The molecule has 2 aromatic carbocycles. The first-order chi connectivity index (χ1) is 17.9. The third kappa shape index (κ3) is 6.17. The van der Waals surface area contributed by atoms with E-state index in [0.717, 1.165) is 39.6 Å². The van der Waals surface area contributed by atoms with Gasteiger partial charge in [0.2, 0.25) is 15.9 Å². The van der Waals surface area contributed by atoms with Crippen LogP contribution in [0.2, 0.25) is 0 Å². The van der Waals surface area contributed by atoms with E-state index in [-0.39, 0.29) is 16.6 Å². The van der Waals surface area contributed by atoms with Crippen LogP contribution in [0.5, 0.6) is 0 Å². The number of para-hydroxylation sites is 1. The van der Waals surface area contributed by atoms with Crippen molar-refractivity contribution in [2.24, 2.45) is 7.05 Å². The molecule has 1 saturated heterocycles. The molecule has 0 unspecified atom stereocenters. The first-order valence-corrected chi connectivity index (χ1v) is 16.0. The van der Waals surface area contributed by atoms with Crippen molar-refractivity contribution in [2.75, 3.05) is 24.2 Å². The van der Waals surface area contributed by atoms with E-state index in [1.54, 1.807) is 41.3 Å². The van der Waals surface area contributed by atoms with Gasteiger partial charge in [-0.15, -0.1) is 21.5 Å². The Labute approximate surface area is 228 Å². The Kier molecular flexibility index (Phi) is 8.15. The van der Waals surface area contributed by atoms with Gasteiger partial charge >= 0.3 is 0 Å². The van der Waals surface area contributed by atoms with E-state index < -0.39 is 10.0 Å². The molecule has 0 aliphatic carbocycles. The second-order valence-electron chi connectivity index (χ2n) is 8.52. The van der Waals surface area contributed by atoms with Crippen LogP contribution in [0.25, 0.3) is 10.2 Å². The molecule has 1 amide bonds. The highest BCUT2D eigenvalue weighted by Crippen LogP contribution is 2.31. The quantitative estimate of drug-likeness (QED) is 0.288. The Morgan fingerprint density at radius 1 is 1.05 bits per heavy atom. The van der Waals surface area contributed by atoms with Crippen molar-refractivity contribution < 1.29 is 13.2 Å². The third-order valence-corrected chi connectivity index (χ3v) is 11.0. The molecule has 194 valence electrons. The Morgan fingerprint density at radius 2 is 1.86 bits per heavy atom. The molecule has 0 radical (unpaired) electrons. The monoisotopic (exact) mass is 574 g/mol. The fourth-order valence-corrected chi connectivity index (χ4v) is 8.29. The van der Waals surface area contributed by atoms with Gasteiger partial charge in [0, 0.05) is 25.8 Å². The summed E-state index contributed by atoms with van der Waals surface area (Å²) in [6.45, 7) is 1.07. The van der Waals surface area contributed by atoms with Crippen molar-refractivity contribution in [1.82, 2.24) is 24.1 Å². The fraction of sp³-hybridized carbons (Fsp3) is 0.333. The normalized spacial score (nSPS) is 14.7. The largest absolute Gasteiger partial charge is 0.325 e. The van der Waals surface area contributed by atoms with Crippen molar-refractivity contribution in [3.8, 4) is 0 Å². The predicted octanol–water partition coefficient (Wildman–Crippen LogP) is 4.62. The van der Waals surface area contributed by atoms with Crippen LogP contribution in [0.3, 0.4) is 0 Å². The maximum absolute atomic E-state index is 13.0. The van der Waals surface area contributed by atoms with Crippen molar-refractivity contribution in [2.45, 2.75) is 39.4 Å². The molecule has 1 N–H and O–H groups in total. The molecule has 0 atom stereocenters. The predicted molar refractivity (Wildman–Crippen MR) is 149 cm³/mol. The molecule has 37 heavy (non-hydrogen) atoms. The number of sulfonamides is 1. The molecule has 0 bridgehead atoms. The highest BCUT2D eigenvalue weighted by Gasteiger charge is 2.26. The minimum absolute atomic E-state index is 0.125. The van der Waals surface area contributed by atoms with Gasteiger partial charge in [0.15, 0.2) is 9.50 Å². The van der Waals surface area contributed by atoms with E-state index in [9.17, 15) is 13.2 Å². The molecule has 0 saturated carbocycles. The summed E-state index contributed by atoms with van der Waals surface area (Å²) < 4.78 is 31.4. The van der Waals surface area contributed by atoms with Crippen LogP contribution < -0.4 is 5.32 Å². The van der Waals surface area contributed by atoms with Crippen molar-refractivity contribution in [1.29, 1.82) is 0 Å². The Balaban J connectivity index is 1.16. The lowest BCUT2D eigenvalue weighted by molar-refractivity contribution is -0.113. The summed E-state index contributed by atoms with van der Waals surface area (Å²) in [6.07, 6.45) is 2.80. The maximum atomic E-state index is 13.0. The molecular formula is C24H26N6O3S4. The van der Waals surface area contributed by atoms with Crippen LogP contribution in [0.4, 0.5) is 5.69 Å². The number of piperidine rings is 1. The van der Waals surface area contributed by atoms with Crippen molar-refractivity contribution in [3.05, 3.63) is 54.4 Å². The molecular weight excluding hydrogens is 549 g/mol. The molecule has 1 aliphatic rings. The molecule has 1 aliphatic heterocycles. The van der Waals surface area contributed by atoms with Crippen LogP contribution >= 0.6 is 34.9 Å². The van der Waals surface area contributed by atoms with Crippen LogP contribution in [0.15, 0.2) is 62.9 Å². The molecule has 9 nitrogen and oxygen atoms in total. The van der Waals surface area contributed by atoms with E-state index in [4.69, 9.17) is 0 Å². The second-order valence-corrected chi connectivity index (χ2v) is 13.7. The number of benzene rings is 2. The number of thiazole rings is 1. The number of nitrogens with one attached hydrogen (secondary N) is 1. The lowest BCUT2D eigenvalue weighted by Crippen LogP contribution is -2.35.